The molecule has 32 heavy (non-hydrogen) atoms. The zero-order valence-electron chi connectivity index (χ0n) is 17.0. The number of aromatic nitrogens is 1. The molecular formula is C25H19ClN4OS. The number of nitrogens with zero attached hydrogens (tertiary/aromatic N) is 3. The summed E-state index contributed by atoms with van der Waals surface area (Å²) in [4.78, 5) is 17.9. The molecule has 0 saturated heterocycles. The zero-order valence-corrected chi connectivity index (χ0v) is 18.6. The number of carbonyl (C=O) groups excluding carboxylic acids is 1. The Kier molecular flexibility index (Phi) is 5.71. The molecule has 4 aromatic rings. The van der Waals surface area contributed by atoms with Gasteiger partial charge in [-0.25, -0.2) is 4.98 Å². The van der Waals surface area contributed by atoms with Gasteiger partial charge in [-0.05, 0) is 29.8 Å². The van der Waals surface area contributed by atoms with E-state index in [1.54, 1.807) is 0 Å². The number of amides is 1. The van der Waals surface area contributed by atoms with Crippen LogP contribution in [-0.4, -0.2) is 23.1 Å². The van der Waals surface area contributed by atoms with Crippen molar-refractivity contribution >= 4 is 45.4 Å². The van der Waals surface area contributed by atoms with Crippen molar-refractivity contribution in [2.45, 2.75) is 0 Å². The van der Waals surface area contributed by atoms with Crippen molar-refractivity contribution < 1.29 is 4.79 Å². The van der Waals surface area contributed by atoms with Gasteiger partial charge in [0.15, 0.2) is 5.13 Å². The van der Waals surface area contributed by atoms with Crippen LogP contribution in [0.5, 0.6) is 0 Å². The topological polar surface area (TPSA) is 57.6 Å². The van der Waals surface area contributed by atoms with E-state index >= 15 is 0 Å². The Morgan fingerprint density at radius 3 is 2.34 bits per heavy atom. The molecule has 7 heteroatoms. The predicted octanol–water partition coefficient (Wildman–Crippen LogP) is 5.94. The number of thiazole rings is 1. The van der Waals surface area contributed by atoms with Crippen molar-refractivity contribution in [3.63, 3.8) is 0 Å². The van der Waals surface area contributed by atoms with E-state index in [0.29, 0.717) is 16.7 Å². The maximum Gasteiger partial charge on any atom is 0.237 e. The van der Waals surface area contributed by atoms with Crippen LogP contribution in [0.25, 0.3) is 11.3 Å². The number of carbonyl (C=O) groups is 1. The Bertz CT molecular complexity index is 1260. The Balaban J connectivity index is 1.38. The van der Waals surface area contributed by atoms with Gasteiger partial charge in [0.25, 0.3) is 0 Å². The summed E-state index contributed by atoms with van der Waals surface area (Å²) in [7, 11) is 0. The highest BCUT2D eigenvalue weighted by Crippen LogP contribution is 2.29. The number of anilines is 2. The first-order chi connectivity index (χ1) is 15.7. The molecule has 0 saturated carbocycles. The quantitative estimate of drug-likeness (QED) is 0.402. The van der Waals surface area contributed by atoms with E-state index < -0.39 is 5.92 Å². The number of para-hydroxylation sites is 1. The highest BCUT2D eigenvalue weighted by atomic mass is 35.5. The molecule has 2 heterocycles. The average Bonchev–Trinajstić information content (AvgIpc) is 3.48. The summed E-state index contributed by atoms with van der Waals surface area (Å²) in [6, 6.07) is 27.2. The fourth-order valence-electron chi connectivity index (χ4n) is 3.61. The lowest BCUT2D eigenvalue weighted by Crippen LogP contribution is -2.32. The van der Waals surface area contributed by atoms with Crippen LogP contribution in [0.3, 0.4) is 0 Å². The SMILES string of the molecule is O=C(Nc1nc(-c2ccc(Cl)cc2)cs1)[C@@H]1CN(c2ccccc2)N=C1c1ccccc1. The van der Waals surface area contributed by atoms with Gasteiger partial charge in [0.2, 0.25) is 5.91 Å². The minimum Gasteiger partial charge on any atom is -0.301 e. The van der Waals surface area contributed by atoms with Crippen LogP contribution in [0, 0.1) is 5.92 Å². The molecule has 1 aromatic heterocycles. The first-order valence-electron chi connectivity index (χ1n) is 10.2. The summed E-state index contributed by atoms with van der Waals surface area (Å²) in [5.41, 5.74) is 4.40. The molecule has 0 fully saturated rings. The summed E-state index contributed by atoms with van der Waals surface area (Å²) < 4.78 is 0. The molecule has 0 radical (unpaired) electrons. The fraction of sp³-hybridized carbons (Fsp3) is 0.0800. The summed E-state index contributed by atoms with van der Waals surface area (Å²) in [5.74, 6) is -0.538. The van der Waals surface area contributed by atoms with Gasteiger partial charge in [0, 0.05) is 16.0 Å². The standard InChI is InChI=1S/C25H19ClN4OS/c26-19-13-11-17(12-14-19)22-16-32-25(27-22)28-24(31)21-15-30(20-9-5-2-6-10-20)29-23(21)18-7-3-1-4-8-18/h1-14,16,21H,15H2,(H,27,28,31)/t21-/m1/s1. The molecule has 3 aromatic carbocycles. The second kappa shape index (κ2) is 8.94. The molecule has 1 aliphatic rings. The second-order valence-corrected chi connectivity index (χ2v) is 8.65. The van der Waals surface area contributed by atoms with Crippen molar-refractivity contribution in [2.24, 2.45) is 11.0 Å². The van der Waals surface area contributed by atoms with Gasteiger partial charge in [-0.15, -0.1) is 11.3 Å². The third kappa shape index (κ3) is 4.28. The first kappa shape index (κ1) is 20.4. The summed E-state index contributed by atoms with van der Waals surface area (Å²) in [6.07, 6.45) is 0. The highest BCUT2D eigenvalue weighted by Gasteiger charge is 2.34. The first-order valence-corrected chi connectivity index (χ1v) is 11.4. The number of benzene rings is 3. The summed E-state index contributed by atoms with van der Waals surface area (Å²) in [5, 5.41) is 12.8. The van der Waals surface area contributed by atoms with Crippen LogP contribution < -0.4 is 10.3 Å². The number of hydrazone groups is 1. The Hall–Kier alpha value is -3.48. The van der Waals surface area contributed by atoms with Crippen molar-refractivity contribution in [1.29, 1.82) is 0 Å². The molecule has 0 unspecified atom stereocenters. The lowest BCUT2D eigenvalue weighted by atomic mass is 9.97. The van der Waals surface area contributed by atoms with Crippen molar-refractivity contribution in [3.8, 4) is 11.3 Å². The summed E-state index contributed by atoms with van der Waals surface area (Å²) >= 11 is 7.38. The van der Waals surface area contributed by atoms with E-state index in [2.05, 4.69) is 10.3 Å². The lowest BCUT2D eigenvalue weighted by Gasteiger charge is -2.15. The second-order valence-electron chi connectivity index (χ2n) is 7.36. The molecule has 1 aliphatic heterocycles. The third-order valence-corrected chi connectivity index (χ3v) is 6.24. The smallest absolute Gasteiger partial charge is 0.237 e. The van der Waals surface area contributed by atoms with Gasteiger partial charge in [-0.2, -0.15) is 5.10 Å². The number of halogens is 1. The van der Waals surface area contributed by atoms with Crippen LogP contribution in [0.4, 0.5) is 10.8 Å². The lowest BCUT2D eigenvalue weighted by molar-refractivity contribution is -0.117. The third-order valence-electron chi connectivity index (χ3n) is 5.23. The number of hydrogen-bond acceptors (Lipinski definition) is 5. The molecule has 0 spiro atoms. The predicted molar refractivity (Wildman–Crippen MR) is 131 cm³/mol. The van der Waals surface area contributed by atoms with Crippen molar-refractivity contribution in [3.05, 3.63) is 101 Å². The summed E-state index contributed by atoms with van der Waals surface area (Å²) in [6.45, 7) is 0.468. The van der Waals surface area contributed by atoms with Crippen LogP contribution in [-0.2, 0) is 4.79 Å². The van der Waals surface area contributed by atoms with Crippen LogP contribution in [0.1, 0.15) is 5.56 Å². The fourth-order valence-corrected chi connectivity index (χ4v) is 4.46. The molecule has 5 rings (SSSR count). The molecule has 5 nitrogen and oxygen atoms in total. The van der Waals surface area contributed by atoms with Crippen LogP contribution >= 0.6 is 22.9 Å². The van der Waals surface area contributed by atoms with E-state index in [4.69, 9.17) is 16.7 Å². The molecule has 0 bridgehead atoms. The van der Waals surface area contributed by atoms with Gasteiger partial charge in [-0.3, -0.25) is 9.80 Å². The minimum absolute atomic E-state index is 0.122. The number of hydrogen-bond donors (Lipinski definition) is 1. The van der Waals surface area contributed by atoms with Crippen LogP contribution in [0.15, 0.2) is 95.4 Å². The van der Waals surface area contributed by atoms with E-state index in [1.165, 1.54) is 11.3 Å². The van der Waals surface area contributed by atoms with Gasteiger partial charge in [-0.1, -0.05) is 72.3 Å². The number of rotatable bonds is 5. The Morgan fingerprint density at radius 2 is 1.62 bits per heavy atom. The van der Waals surface area contributed by atoms with E-state index in [0.717, 1.165) is 28.2 Å². The molecule has 1 atom stereocenters. The van der Waals surface area contributed by atoms with Gasteiger partial charge >= 0.3 is 0 Å². The molecule has 1 amide bonds. The van der Waals surface area contributed by atoms with Crippen molar-refractivity contribution in [1.82, 2.24) is 4.98 Å². The molecular weight excluding hydrogens is 440 g/mol. The van der Waals surface area contributed by atoms with Gasteiger partial charge in [0.1, 0.15) is 5.92 Å². The largest absolute Gasteiger partial charge is 0.301 e. The van der Waals surface area contributed by atoms with Gasteiger partial charge < -0.3 is 5.32 Å². The highest BCUT2D eigenvalue weighted by molar-refractivity contribution is 7.14. The minimum atomic E-state index is -0.416. The Morgan fingerprint density at radius 1 is 0.938 bits per heavy atom. The molecule has 158 valence electrons. The monoisotopic (exact) mass is 458 g/mol. The maximum atomic E-state index is 13.3. The average molecular weight is 459 g/mol. The Labute approximate surface area is 195 Å². The zero-order chi connectivity index (χ0) is 21.9. The van der Waals surface area contributed by atoms with E-state index in [9.17, 15) is 4.79 Å². The molecule has 1 N–H and O–H groups in total. The number of nitrogens with one attached hydrogen (secondary N) is 1. The van der Waals surface area contributed by atoms with E-state index in [-0.39, 0.29) is 5.91 Å². The van der Waals surface area contributed by atoms with Crippen LogP contribution in [0.2, 0.25) is 5.02 Å². The van der Waals surface area contributed by atoms with E-state index in [1.807, 2.05) is 95.3 Å². The van der Waals surface area contributed by atoms with Gasteiger partial charge in [0.05, 0.1) is 23.6 Å². The maximum absolute atomic E-state index is 13.3. The molecule has 0 aliphatic carbocycles. The normalized spacial score (nSPS) is 15.5. The van der Waals surface area contributed by atoms with Crippen molar-refractivity contribution in [2.75, 3.05) is 16.9 Å².